The molecule has 0 aliphatic rings. The fourth-order valence-electron chi connectivity index (χ4n) is 2.03. The van der Waals surface area contributed by atoms with Crippen molar-refractivity contribution in [2.24, 2.45) is 0 Å². The van der Waals surface area contributed by atoms with Gasteiger partial charge in [-0.05, 0) is 37.4 Å². The van der Waals surface area contributed by atoms with Crippen LogP contribution >= 0.6 is 15.9 Å². The van der Waals surface area contributed by atoms with Gasteiger partial charge in [-0.2, -0.15) is 0 Å². The lowest BCUT2D eigenvalue weighted by molar-refractivity contribution is -0.138. The average molecular weight is 365 g/mol. The molecule has 5 nitrogen and oxygen atoms in total. The molecule has 116 valence electrons. The molecule has 1 N–H and O–H groups in total. The summed E-state index contributed by atoms with van der Waals surface area (Å²) in [6.07, 6.45) is 1.72. The number of carboxylic acids is 1. The van der Waals surface area contributed by atoms with Crippen molar-refractivity contribution < 1.29 is 14.6 Å². The molecule has 0 amide bonds. The van der Waals surface area contributed by atoms with Gasteiger partial charge in [0.2, 0.25) is 0 Å². The monoisotopic (exact) mass is 364 g/mol. The highest BCUT2D eigenvalue weighted by atomic mass is 79.9. The maximum Gasteiger partial charge on any atom is 0.317 e. The van der Waals surface area contributed by atoms with E-state index in [2.05, 4.69) is 20.9 Å². The molecule has 2 aromatic rings. The van der Waals surface area contributed by atoms with Crippen LogP contribution in [-0.4, -0.2) is 34.6 Å². The van der Waals surface area contributed by atoms with Gasteiger partial charge in [0.15, 0.2) is 0 Å². The van der Waals surface area contributed by atoms with Gasteiger partial charge in [0.05, 0.1) is 12.2 Å². The lowest BCUT2D eigenvalue weighted by atomic mass is 10.2. The van der Waals surface area contributed by atoms with E-state index >= 15 is 0 Å². The van der Waals surface area contributed by atoms with Crippen LogP contribution in [0.25, 0.3) is 0 Å². The fourth-order valence-corrected chi connectivity index (χ4v) is 2.43. The number of carbonyl (C=O) groups is 1. The lowest BCUT2D eigenvalue weighted by Crippen LogP contribution is -2.25. The van der Waals surface area contributed by atoms with Gasteiger partial charge in [-0.1, -0.05) is 22.0 Å². The van der Waals surface area contributed by atoms with Crippen LogP contribution in [-0.2, 0) is 17.9 Å². The van der Waals surface area contributed by atoms with Gasteiger partial charge in [-0.3, -0.25) is 14.7 Å². The molecule has 0 spiro atoms. The van der Waals surface area contributed by atoms with E-state index < -0.39 is 5.97 Å². The zero-order valence-corrected chi connectivity index (χ0v) is 13.8. The Bertz CT molecular complexity index is 635. The van der Waals surface area contributed by atoms with Crippen molar-refractivity contribution in [1.29, 1.82) is 0 Å². The molecule has 0 saturated heterocycles. The number of halogens is 1. The van der Waals surface area contributed by atoms with E-state index in [1.54, 1.807) is 18.1 Å². The summed E-state index contributed by atoms with van der Waals surface area (Å²) in [6.45, 7) is 0.841. The average Bonchev–Trinajstić information content (AvgIpc) is 2.46. The van der Waals surface area contributed by atoms with Crippen molar-refractivity contribution in [3.05, 3.63) is 58.3 Å². The highest BCUT2D eigenvalue weighted by Crippen LogP contribution is 2.25. The van der Waals surface area contributed by atoms with Crippen LogP contribution in [0, 0.1) is 0 Å². The minimum atomic E-state index is -0.853. The highest BCUT2D eigenvalue weighted by Gasteiger charge is 2.10. The summed E-state index contributed by atoms with van der Waals surface area (Å²) in [4.78, 5) is 16.7. The Morgan fingerprint density at radius 1 is 1.36 bits per heavy atom. The number of aromatic nitrogens is 1. The minimum Gasteiger partial charge on any atom is -0.487 e. The molecule has 6 heteroatoms. The first kappa shape index (κ1) is 16.5. The molecule has 1 aromatic carbocycles. The van der Waals surface area contributed by atoms with Crippen LogP contribution in [0.2, 0.25) is 0 Å². The summed E-state index contributed by atoms with van der Waals surface area (Å²) >= 11 is 3.43. The smallest absolute Gasteiger partial charge is 0.317 e. The van der Waals surface area contributed by atoms with E-state index in [1.165, 1.54) is 0 Å². The first-order chi connectivity index (χ1) is 10.5. The van der Waals surface area contributed by atoms with Crippen molar-refractivity contribution in [1.82, 2.24) is 9.88 Å². The number of hydrogen-bond donors (Lipinski definition) is 1. The first-order valence-electron chi connectivity index (χ1n) is 6.76. The van der Waals surface area contributed by atoms with Crippen LogP contribution < -0.4 is 4.74 Å². The number of likely N-dealkylation sites (N-methyl/N-ethyl adjacent to an activating group) is 1. The van der Waals surface area contributed by atoms with Crippen LogP contribution in [0.15, 0.2) is 47.1 Å². The second-order valence-corrected chi connectivity index (χ2v) is 5.84. The van der Waals surface area contributed by atoms with Crippen molar-refractivity contribution in [2.75, 3.05) is 13.6 Å². The zero-order valence-electron chi connectivity index (χ0n) is 12.2. The van der Waals surface area contributed by atoms with Gasteiger partial charge in [-0.25, -0.2) is 0 Å². The Balaban J connectivity index is 2.08. The second kappa shape index (κ2) is 7.91. The van der Waals surface area contributed by atoms with Gasteiger partial charge < -0.3 is 9.84 Å². The fraction of sp³-hybridized carbons (Fsp3) is 0.250. The Hall–Kier alpha value is -1.92. The molecule has 0 aliphatic heterocycles. The molecule has 0 fully saturated rings. The molecule has 0 radical (unpaired) electrons. The van der Waals surface area contributed by atoms with Crippen molar-refractivity contribution in [2.45, 2.75) is 13.2 Å². The predicted octanol–water partition coefficient (Wildman–Crippen LogP) is 2.94. The number of ether oxygens (including phenoxy) is 1. The third kappa shape index (κ3) is 5.13. The Morgan fingerprint density at radius 2 is 2.18 bits per heavy atom. The van der Waals surface area contributed by atoms with E-state index in [-0.39, 0.29) is 6.54 Å². The number of aliphatic carboxylic acids is 1. The van der Waals surface area contributed by atoms with Gasteiger partial charge in [-0.15, -0.1) is 0 Å². The van der Waals surface area contributed by atoms with E-state index in [1.807, 2.05) is 36.4 Å². The number of benzene rings is 1. The molecule has 0 unspecified atom stereocenters. The maximum atomic E-state index is 10.8. The van der Waals surface area contributed by atoms with Crippen LogP contribution in [0.1, 0.15) is 11.3 Å². The Morgan fingerprint density at radius 3 is 2.86 bits per heavy atom. The van der Waals surface area contributed by atoms with E-state index in [0.29, 0.717) is 13.2 Å². The predicted molar refractivity (Wildman–Crippen MR) is 86.7 cm³/mol. The summed E-state index contributed by atoms with van der Waals surface area (Å²) < 4.78 is 6.75. The topological polar surface area (TPSA) is 62.7 Å². The van der Waals surface area contributed by atoms with E-state index in [9.17, 15) is 4.79 Å². The van der Waals surface area contributed by atoms with E-state index in [4.69, 9.17) is 9.84 Å². The Labute approximate surface area is 137 Å². The lowest BCUT2D eigenvalue weighted by Gasteiger charge is -2.17. The Kier molecular flexibility index (Phi) is 5.91. The third-order valence-electron chi connectivity index (χ3n) is 2.97. The van der Waals surface area contributed by atoms with Crippen LogP contribution in [0.4, 0.5) is 0 Å². The first-order valence-corrected chi connectivity index (χ1v) is 7.55. The summed E-state index contributed by atoms with van der Waals surface area (Å²) in [5.41, 5.74) is 1.77. The molecule has 1 aromatic heterocycles. The summed E-state index contributed by atoms with van der Waals surface area (Å²) in [5, 5.41) is 8.85. The van der Waals surface area contributed by atoms with Crippen LogP contribution in [0.3, 0.4) is 0 Å². The number of nitrogens with zero attached hydrogens (tertiary/aromatic N) is 2. The highest BCUT2D eigenvalue weighted by molar-refractivity contribution is 9.10. The number of hydrogen-bond acceptors (Lipinski definition) is 4. The third-order valence-corrected chi connectivity index (χ3v) is 3.46. The molecule has 1 heterocycles. The zero-order chi connectivity index (χ0) is 15.9. The molecule has 2 rings (SSSR count). The van der Waals surface area contributed by atoms with Gasteiger partial charge >= 0.3 is 5.97 Å². The summed E-state index contributed by atoms with van der Waals surface area (Å²) in [7, 11) is 1.76. The maximum absolute atomic E-state index is 10.8. The molecule has 0 aliphatic carbocycles. The van der Waals surface area contributed by atoms with Crippen molar-refractivity contribution in [3.63, 3.8) is 0 Å². The molecular formula is C16H17BrN2O3. The summed E-state index contributed by atoms with van der Waals surface area (Å²) in [6, 6.07) is 11.4. The van der Waals surface area contributed by atoms with E-state index in [0.717, 1.165) is 21.5 Å². The molecule has 0 bridgehead atoms. The molecular weight excluding hydrogens is 348 g/mol. The largest absolute Gasteiger partial charge is 0.487 e. The SMILES string of the molecule is CN(CC(=O)O)Cc1cc(Br)ccc1OCc1ccccn1. The van der Waals surface area contributed by atoms with Crippen LogP contribution in [0.5, 0.6) is 5.75 Å². The quantitative estimate of drug-likeness (QED) is 0.818. The van der Waals surface area contributed by atoms with Crippen molar-refractivity contribution in [3.8, 4) is 5.75 Å². The van der Waals surface area contributed by atoms with Gasteiger partial charge in [0, 0.05) is 22.8 Å². The van der Waals surface area contributed by atoms with Gasteiger partial charge in [0.25, 0.3) is 0 Å². The molecule has 0 saturated carbocycles. The summed E-state index contributed by atoms with van der Waals surface area (Å²) in [5.74, 6) is -0.125. The standard InChI is InChI=1S/C16H17BrN2O3/c1-19(10-16(20)21)9-12-8-13(17)5-6-15(12)22-11-14-4-2-3-7-18-14/h2-8H,9-11H2,1H3,(H,20,21). The molecule has 0 atom stereocenters. The number of pyridine rings is 1. The second-order valence-electron chi connectivity index (χ2n) is 4.93. The normalized spacial score (nSPS) is 10.7. The van der Waals surface area contributed by atoms with Gasteiger partial charge in [0.1, 0.15) is 12.4 Å². The number of rotatable bonds is 7. The van der Waals surface area contributed by atoms with Crippen molar-refractivity contribution >= 4 is 21.9 Å². The minimum absolute atomic E-state index is 0.0216. The number of carboxylic acid groups (broad SMARTS) is 1. The molecule has 22 heavy (non-hydrogen) atoms.